The molecule has 0 saturated heterocycles. The predicted octanol–water partition coefficient (Wildman–Crippen LogP) is 17.3. The summed E-state index contributed by atoms with van der Waals surface area (Å²) in [6.07, 6.45) is 0. The molecule has 0 N–H and O–H groups in total. The molecule has 0 saturated carbocycles. The fourth-order valence-electron chi connectivity index (χ4n) is 9.41. The molecule has 2 heterocycles. The van der Waals surface area contributed by atoms with E-state index in [1.807, 2.05) is 11.3 Å². The van der Waals surface area contributed by atoms with E-state index in [1.165, 1.54) is 81.0 Å². The van der Waals surface area contributed by atoms with Crippen LogP contribution in [0.15, 0.2) is 243 Å². The first-order chi connectivity index (χ1) is 31.2. The maximum Gasteiger partial charge on any atom is 0.0562 e. The first kappa shape index (κ1) is 36.8. The van der Waals surface area contributed by atoms with E-state index in [4.69, 9.17) is 0 Å². The average molecular weight is 821 g/mol. The first-order valence-corrected chi connectivity index (χ1v) is 22.3. The summed E-state index contributed by atoms with van der Waals surface area (Å²) in [5.41, 5.74) is 16.3. The summed E-state index contributed by atoms with van der Waals surface area (Å²) in [6, 6.07) is 88.5. The number of hydrogen-bond acceptors (Lipinski definition) is 2. The second-order valence-corrected chi connectivity index (χ2v) is 17.2. The van der Waals surface area contributed by atoms with Gasteiger partial charge < -0.3 is 9.47 Å². The Morgan fingerprint density at radius 2 is 0.794 bits per heavy atom. The van der Waals surface area contributed by atoms with Crippen LogP contribution in [0.3, 0.4) is 0 Å². The molecular weight excluding hydrogens is 781 g/mol. The molecule has 0 amide bonds. The van der Waals surface area contributed by atoms with E-state index in [1.54, 1.807) is 0 Å². The first-order valence-electron chi connectivity index (χ1n) is 21.5. The average Bonchev–Trinajstić information content (AvgIpc) is 3.91. The lowest BCUT2D eigenvalue weighted by Crippen LogP contribution is -2.11. The Labute approximate surface area is 370 Å². The zero-order valence-electron chi connectivity index (χ0n) is 34.4. The molecule has 296 valence electrons. The lowest BCUT2D eigenvalue weighted by atomic mass is 9.94. The van der Waals surface area contributed by atoms with Gasteiger partial charge in [-0.2, -0.15) is 0 Å². The second kappa shape index (κ2) is 15.5. The number of benzene rings is 10. The summed E-state index contributed by atoms with van der Waals surface area (Å²) in [6.45, 7) is 0. The van der Waals surface area contributed by atoms with Gasteiger partial charge in [0.25, 0.3) is 0 Å². The molecule has 0 atom stereocenters. The smallest absolute Gasteiger partial charge is 0.0562 e. The molecule has 2 nitrogen and oxygen atoms in total. The minimum atomic E-state index is 1.08. The van der Waals surface area contributed by atoms with Crippen LogP contribution in [0, 0.1) is 0 Å². The maximum absolute atomic E-state index is 2.46. The van der Waals surface area contributed by atoms with Crippen LogP contribution in [0.4, 0.5) is 17.1 Å². The molecule has 12 rings (SSSR count). The Hall–Kier alpha value is -7.98. The highest BCUT2D eigenvalue weighted by molar-refractivity contribution is 7.25. The van der Waals surface area contributed by atoms with Crippen LogP contribution in [-0.4, -0.2) is 4.57 Å². The van der Waals surface area contributed by atoms with Gasteiger partial charge >= 0.3 is 0 Å². The highest BCUT2D eigenvalue weighted by Gasteiger charge is 2.24. The topological polar surface area (TPSA) is 8.17 Å². The number of fused-ring (bicyclic) bond motifs is 6. The second-order valence-electron chi connectivity index (χ2n) is 16.1. The summed E-state index contributed by atoms with van der Waals surface area (Å²) in [5, 5.41) is 5.03. The lowest BCUT2D eigenvalue weighted by molar-refractivity contribution is 1.18. The summed E-state index contributed by atoms with van der Waals surface area (Å²) in [5.74, 6) is 0. The van der Waals surface area contributed by atoms with Crippen molar-refractivity contribution in [3.63, 3.8) is 0 Å². The molecule has 0 fully saturated rings. The van der Waals surface area contributed by atoms with Crippen molar-refractivity contribution in [1.29, 1.82) is 0 Å². The van der Waals surface area contributed by atoms with Gasteiger partial charge in [0, 0.05) is 53.6 Å². The molecule has 0 aliphatic rings. The van der Waals surface area contributed by atoms with Crippen molar-refractivity contribution in [2.75, 3.05) is 4.90 Å². The van der Waals surface area contributed by atoms with Crippen molar-refractivity contribution in [2.45, 2.75) is 0 Å². The number of nitrogens with zero attached hydrogens (tertiary/aromatic N) is 2. The van der Waals surface area contributed by atoms with Crippen LogP contribution in [0.5, 0.6) is 0 Å². The van der Waals surface area contributed by atoms with Gasteiger partial charge in [0.1, 0.15) is 0 Å². The molecule has 0 unspecified atom stereocenters. The van der Waals surface area contributed by atoms with Crippen LogP contribution in [0.1, 0.15) is 0 Å². The number of aromatic nitrogens is 1. The zero-order chi connectivity index (χ0) is 41.7. The number of anilines is 3. The van der Waals surface area contributed by atoms with Gasteiger partial charge in [-0.3, -0.25) is 0 Å². The number of hydrogen-bond donors (Lipinski definition) is 0. The van der Waals surface area contributed by atoms with Gasteiger partial charge in [-0.05, 0) is 106 Å². The van der Waals surface area contributed by atoms with Crippen LogP contribution < -0.4 is 4.90 Å². The Morgan fingerprint density at radius 1 is 0.317 bits per heavy atom. The third-order valence-electron chi connectivity index (χ3n) is 12.4. The van der Waals surface area contributed by atoms with E-state index in [2.05, 4.69) is 252 Å². The Kier molecular flexibility index (Phi) is 9.06. The largest absolute Gasteiger partial charge is 0.310 e. The maximum atomic E-state index is 2.46. The Balaban J connectivity index is 1.11. The number of para-hydroxylation sites is 2. The molecular formula is C60H40N2S. The highest BCUT2D eigenvalue weighted by atomic mass is 32.1. The number of thiophene rings is 1. The quantitative estimate of drug-likeness (QED) is 0.148. The van der Waals surface area contributed by atoms with Gasteiger partial charge in [-0.1, -0.05) is 176 Å². The fourth-order valence-corrected chi connectivity index (χ4v) is 10.5. The standard InChI is InChI=1S/C60H40N2S/c1-4-15-41(16-5-1)43-27-29-44(30-28-43)46-33-37-49(38-34-46)61(48-35-31-45(32-36-48)42-17-6-2-7-18-42)56-40-57-53(50-21-10-12-24-55(50)62(57)47-19-8-3-9-20-47)39-54(56)51-23-14-26-59-60(51)52-22-11-13-25-58(52)63-59/h1-40H. The molecule has 2 aromatic heterocycles. The van der Waals surface area contributed by atoms with E-state index >= 15 is 0 Å². The van der Waals surface area contributed by atoms with E-state index in [0.29, 0.717) is 0 Å². The molecule has 12 aromatic rings. The van der Waals surface area contributed by atoms with Crippen molar-refractivity contribution in [2.24, 2.45) is 0 Å². The van der Waals surface area contributed by atoms with Crippen molar-refractivity contribution in [1.82, 2.24) is 4.57 Å². The van der Waals surface area contributed by atoms with E-state index < -0.39 is 0 Å². The molecule has 0 aliphatic heterocycles. The lowest BCUT2D eigenvalue weighted by Gasteiger charge is -2.29. The van der Waals surface area contributed by atoms with Crippen LogP contribution >= 0.6 is 11.3 Å². The predicted molar refractivity (Wildman–Crippen MR) is 270 cm³/mol. The molecule has 0 aliphatic carbocycles. The van der Waals surface area contributed by atoms with Gasteiger partial charge in [-0.15, -0.1) is 11.3 Å². The minimum absolute atomic E-state index is 1.08. The summed E-state index contributed by atoms with van der Waals surface area (Å²) in [7, 11) is 0. The molecule has 10 aromatic carbocycles. The SMILES string of the molecule is c1ccc(-c2ccc(-c3ccc(N(c4ccc(-c5ccccc5)cc4)c4cc5c(cc4-c4cccc6sc7ccccc7c46)c4ccccc4n5-c4ccccc4)cc3)cc2)cc1. The van der Waals surface area contributed by atoms with Gasteiger partial charge in [0.15, 0.2) is 0 Å². The van der Waals surface area contributed by atoms with Crippen LogP contribution in [-0.2, 0) is 0 Å². The van der Waals surface area contributed by atoms with Gasteiger partial charge in [-0.25, -0.2) is 0 Å². The molecule has 3 heteroatoms. The van der Waals surface area contributed by atoms with E-state index in [0.717, 1.165) is 28.3 Å². The van der Waals surface area contributed by atoms with E-state index in [-0.39, 0.29) is 0 Å². The number of rotatable bonds is 8. The monoisotopic (exact) mass is 820 g/mol. The minimum Gasteiger partial charge on any atom is -0.310 e. The van der Waals surface area contributed by atoms with Gasteiger partial charge in [0.2, 0.25) is 0 Å². The fraction of sp³-hybridized carbons (Fsp3) is 0. The van der Waals surface area contributed by atoms with Gasteiger partial charge in [0.05, 0.1) is 16.7 Å². The zero-order valence-corrected chi connectivity index (χ0v) is 35.2. The van der Waals surface area contributed by atoms with Crippen molar-refractivity contribution in [3.05, 3.63) is 243 Å². The van der Waals surface area contributed by atoms with Crippen LogP contribution in [0.25, 0.3) is 92.2 Å². The Morgan fingerprint density at radius 3 is 1.40 bits per heavy atom. The normalized spacial score (nSPS) is 11.5. The third-order valence-corrected chi connectivity index (χ3v) is 13.6. The molecule has 0 radical (unpaired) electrons. The molecule has 63 heavy (non-hydrogen) atoms. The molecule has 0 spiro atoms. The molecule has 0 bridgehead atoms. The third kappa shape index (κ3) is 6.50. The van der Waals surface area contributed by atoms with Crippen molar-refractivity contribution >= 4 is 70.4 Å². The van der Waals surface area contributed by atoms with Crippen molar-refractivity contribution in [3.8, 4) is 50.2 Å². The Bertz CT molecular complexity index is 3570. The summed E-state index contributed by atoms with van der Waals surface area (Å²) in [4.78, 5) is 2.46. The summed E-state index contributed by atoms with van der Waals surface area (Å²) < 4.78 is 5.01. The van der Waals surface area contributed by atoms with E-state index in [9.17, 15) is 0 Å². The highest BCUT2D eigenvalue weighted by Crippen LogP contribution is 2.49. The van der Waals surface area contributed by atoms with Crippen molar-refractivity contribution < 1.29 is 0 Å². The summed E-state index contributed by atoms with van der Waals surface area (Å²) >= 11 is 1.87. The van der Waals surface area contributed by atoms with Crippen LogP contribution in [0.2, 0.25) is 0 Å².